The molecule has 0 aromatic heterocycles. The minimum atomic E-state index is -0.991. The lowest BCUT2D eigenvalue weighted by atomic mass is 9.72. The summed E-state index contributed by atoms with van der Waals surface area (Å²) in [5.41, 5.74) is -0.181. The Morgan fingerprint density at radius 1 is 1.33 bits per heavy atom. The van der Waals surface area contributed by atoms with Gasteiger partial charge in [-0.25, -0.2) is 0 Å². The van der Waals surface area contributed by atoms with Gasteiger partial charge in [-0.3, -0.25) is 9.59 Å². The number of hydrogen-bond donors (Lipinski definition) is 2. The molecule has 1 aromatic rings. The molecular formula is C18H14ClN5O2S. The third-order valence-electron chi connectivity index (χ3n) is 4.06. The van der Waals surface area contributed by atoms with Crippen molar-refractivity contribution in [2.75, 3.05) is 11.1 Å². The highest BCUT2D eigenvalue weighted by atomic mass is 35.5. The number of nitrogens with zero attached hydrogens (tertiary/aromatic N) is 3. The van der Waals surface area contributed by atoms with Crippen LogP contribution in [0.3, 0.4) is 0 Å². The maximum Gasteiger partial charge on any atom is 0.243 e. The van der Waals surface area contributed by atoms with E-state index in [2.05, 4.69) is 10.6 Å². The molecule has 2 N–H and O–H groups in total. The molecule has 0 radical (unpaired) electrons. The third-order valence-corrected chi connectivity index (χ3v) is 5.29. The highest BCUT2D eigenvalue weighted by Gasteiger charge is 2.44. The monoisotopic (exact) mass is 399 g/mol. The van der Waals surface area contributed by atoms with Crippen molar-refractivity contribution in [2.24, 2.45) is 11.3 Å². The normalized spacial score (nSPS) is 17.9. The van der Waals surface area contributed by atoms with Gasteiger partial charge in [-0.15, -0.1) is 0 Å². The van der Waals surface area contributed by atoms with E-state index < -0.39 is 23.1 Å². The average molecular weight is 400 g/mol. The first-order valence-corrected chi connectivity index (χ1v) is 9.08. The summed E-state index contributed by atoms with van der Waals surface area (Å²) in [6.07, 6.45) is 0. The van der Waals surface area contributed by atoms with Crippen LogP contribution in [-0.4, -0.2) is 17.6 Å². The largest absolute Gasteiger partial charge is 0.324 e. The number of nitrogens with one attached hydrogen (secondary N) is 2. The molecule has 27 heavy (non-hydrogen) atoms. The number of anilines is 1. The number of carbonyl (C=O) groups excluding carboxylic acids is 2. The van der Waals surface area contributed by atoms with E-state index in [1.54, 1.807) is 19.9 Å². The number of hydrogen-bond acceptors (Lipinski definition) is 6. The van der Waals surface area contributed by atoms with Crippen molar-refractivity contribution in [1.29, 1.82) is 15.8 Å². The van der Waals surface area contributed by atoms with Crippen molar-refractivity contribution in [2.45, 2.75) is 13.8 Å². The van der Waals surface area contributed by atoms with Crippen LogP contribution >= 0.6 is 23.4 Å². The summed E-state index contributed by atoms with van der Waals surface area (Å²) in [6.45, 7) is 3.29. The second-order valence-corrected chi connectivity index (χ2v) is 7.65. The number of rotatable bonds is 4. The molecule has 0 saturated heterocycles. The number of amides is 2. The number of halogens is 1. The van der Waals surface area contributed by atoms with E-state index >= 15 is 0 Å². The summed E-state index contributed by atoms with van der Waals surface area (Å²) in [5.74, 6) is -2.04. The Morgan fingerprint density at radius 3 is 2.63 bits per heavy atom. The number of allylic oxidation sites excluding steroid dienone is 1. The SMILES string of the molecule is CC1(C)C(C#N)=C(SCC(=O)Nc2cc(Cl)ccc2C#N)NC(=O)[C@H]1C#N. The molecule has 0 bridgehead atoms. The van der Waals surface area contributed by atoms with E-state index in [1.165, 1.54) is 12.1 Å². The topological polar surface area (TPSA) is 130 Å². The van der Waals surface area contributed by atoms with Crippen molar-refractivity contribution < 1.29 is 9.59 Å². The Labute approximate surface area is 165 Å². The van der Waals surface area contributed by atoms with Gasteiger partial charge in [-0.2, -0.15) is 15.8 Å². The summed E-state index contributed by atoms with van der Waals surface area (Å²) in [6, 6.07) is 10.4. The van der Waals surface area contributed by atoms with Gasteiger partial charge in [-0.1, -0.05) is 37.2 Å². The quantitative estimate of drug-likeness (QED) is 0.800. The van der Waals surface area contributed by atoms with Crippen LogP contribution in [-0.2, 0) is 9.59 Å². The molecule has 136 valence electrons. The highest BCUT2D eigenvalue weighted by molar-refractivity contribution is 8.03. The Morgan fingerprint density at radius 2 is 2.04 bits per heavy atom. The molecule has 7 nitrogen and oxygen atoms in total. The van der Waals surface area contributed by atoms with Gasteiger partial charge in [0, 0.05) is 10.4 Å². The number of benzene rings is 1. The molecule has 1 aliphatic heterocycles. The minimum absolute atomic E-state index is 0.106. The van der Waals surface area contributed by atoms with Crippen molar-refractivity contribution in [1.82, 2.24) is 5.32 Å². The van der Waals surface area contributed by atoms with Crippen LogP contribution in [0.15, 0.2) is 28.8 Å². The molecule has 0 spiro atoms. The first kappa shape index (κ1) is 20.3. The zero-order valence-electron chi connectivity index (χ0n) is 14.5. The molecule has 0 fully saturated rings. The van der Waals surface area contributed by atoms with Crippen LogP contribution in [0.2, 0.25) is 5.02 Å². The van der Waals surface area contributed by atoms with Gasteiger partial charge in [0.25, 0.3) is 0 Å². The van der Waals surface area contributed by atoms with Crippen LogP contribution in [0.1, 0.15) is 19.4 Å². The van der Waals surface area contributed by atoms with E-state index in [1.807, 2.05) is 18.2 Å². The fourth-order valence-corrected chi connectivity index (χ4v) is 3.72. The van der Waals surface area contributed by atoms with Crippen LogP contribution in [0.4, 0.5) is 5.69 Å². The summed E-state index contributed by atoms with van der Waals surface area (Å²) in [5, 5.41) is 33.5. The fraction of sp³-hybridized carbons (Fsp3) is 0.278. The maximum absolute atomic E-state index is 12.2. The fourth-order valence-electron chi connectivity index (χ4n) is 2.58. The van der Waals surface area contributed by atoms with Gasteiger partial charge in [-0.05, 0) is 18.2 Å². The third kappa shape index (κ3) is 4.23. The first-order valence-electron chi connectivity index (χ1n) is 7.72. The zero-order valence-corrected chi connectivity index (χ0v) is 16.0. The molecule has 1 atom stereocenters. The van der Waals surface area contributed by atoms with Gasteiger partial charge in [0.2, 0.25) is 11.8 Å². The Kier molecular flexibility index (Phi) is 6.13. The Balaban J connectivity index is 2.17. The van der Waals surface area contributed by atoms with Crippen molar-refractivity contribution in [3.8, 4) is 18.2 Å². The minimum Gasteiger partial charge on any atom is -0.324 e. The van der Waals surface area contributed by atoms with E-state index in [9.17, 15) is 20.1 Å². The smallest absolute Gasteiger partial charge is 0.243 e. The number of carbonyl (C=O) groups is 2. The van der Waals surface area contributed by atoms with E-state index in [-0.39, 0.29) is 27.6 Å². The van der Waals surface area contributed by atoms with Gasteiger partial charge < -0.3 is 10.6 Å². The van der Waals surface area contributed by atoms with Crippen molar-refractivity contribution >= 4 is 40.9 Å². The second kappa shape index (κ2) is 8.14. The molecular weight excluding hydrogens is 386 g/mol. The molecule has 2 amide bonds. The molecule has 9 heteroatoms. The predicted octanol–water partition coefficient (Wildman–Crippen LogP) is 2.91. The van der Waals surface area contributed by atoms with E-state index in [0.717, 1.165) is 11.8 Å². The molecule has 1 aromatic carbocycles. The van der Waals surface area contributed by atoms with Crippen LogP contribution in [0.25, 0.3) is 0 Å². The number of thioether (sulfide) groups is 1. The maximum atomic E-state index is 12.2. The summed E-state index contributed by atoms with van der Waals surface area (Å²) < 4.78 is 0. The van der Waals surface area contributed by atoms with Gasteiger partial charge in [0.15, 0.2) is 0 Å². The molecule has 0 aliphatic carbocycles. The van der Waals surface area contributed by atoms with Gasteiger partial charge in [0.05, 0.1) is 39.7 Å². The van der Waals surface area contributed by atoms with Crippen LogP contribution in [0, 0.1) is 45.3 Å². The second-order valence-electron chi connectivity index (χ2n) is 6.23. The van der Waals surface area contributed by atoms with Crippen LogP contribution < -0.4 is 10.6 Å². The zero-order chi connectivity index (χ0) is 20.2. The molecule has 0 unspecified atom stereocenters. The lowest BCUT2D eigenvalue weighted by Gasteiger charge is -2.34. The first-order chi connectivity index (χ1) is 12.7. The van der Waals surface area contributed by atoms with E-state index in [0.29, 0.717) is 5.02 Å². The molecule has 1 heterocycles. The van der Waals surface area contributed by atoms with Gasteiger partial charge in [0.1, 0.15) is 12.0 Å². The molecule has 1 aliphatic rings. The Bertz CT molecular complexity index is 965. The summed E-state index contributed by atoms with van der Waals surface area (Å²) in [4.78, 5) is 24.4. The van der Waals surface area contributed by atoms with Gasteiger partial charge >= 0.3 is 0 Å². The molecule has 0 saturated carbocycles. The lowest BCUT2D eigenvalue weighted by molar-refractivity contribution is -0.125. The van der Waals surface area contributed by atoms with E-state index in [4.69, 9.17) is 16.9 Å². The van der Waals surface area contributed by atoms with Crippen molar-refractivity contribution in [3.05, 3.63) is 39.4 Å². The van der Waals surface area contributed by atoms with Crippen molar-refractivity contribution in [3.63, 3.8) is 0 Å². The highest BCUT2D eigenvalue weighted by Crippen LogP contribution is 2.41. The van der Waals surface area contributed by atoms with Crippen LogP contribution in [0.5, 0.6) is 0 Å². The standard InChI is InChI=1S/C18H14ClN5O2S/c1-18(2)12(7-21)16(26)24-17(13(18)8-22)27-9-15(25)23-14-5-11(19)4-3-10(14)6-20/h3-5,12H,9H2,1-2H3,(H,23,25)(H,24,26)/t12-/m1/s1. The molecule has 2 rings (SSSR count). The average Bonchev–Trinajstić information content (AvgIpc) is 2.59. The summed E-state index contributed by atoms with van der Waals surface area (Å²) in [7, 11) is 0. The predicted molar refractivity (Wildman–Crippen MR) is 101 cm³/mol. The lowest BCUT2D eigenvalue weighted by Crippen LogP contribution is -2.44. The Hall–Kier alpha value is -2.99. The summed E-state index contributed by atoms with van der Waals surface area (Å²) >= 11 is 6.87. The number of nitriles is 3.